The van der Waals surface area contributed by atoms with Crippen molar-refractivity contribution in [1.29, 1.82) is 0 Å². The van der Waals surface area contributed by atoms with Gasteiger partial charge in [-0.1, -0.05) is 23.4 Å². The predicted molar refractivity (Wildman–Crippen MR) is 46.0 cm³/mol. The number of allylic oxidation sites excluding steroid dienone is 4. The van der Waals surface area contributed by atoms with Crippen molar-refractivity contribution in [3.8, 4) is 0 Å². The molecular formula is C7H7NO3S. The summed E-state index contributed by atoms with van der Waals surface area (Å²) in [7, 11) is -2.24. The van der Waals surface area contributed by atoms with Gasteiger partial charge in [0.25, 0.3) is 0 Å². The van der Waals surface area contributed by atoms with E-state index in [1.165, 1.54) is 0 Å². The second-order valence-electron chi connectivity index (χ2n) is 2.16. The van der Waals surface area contributed by atoms with Gasteiger partial charge in [-0.25, -0.2) is 0 Å². The van der Waals surface area contributed by atoms with Crippen molar-refractivity contribution >= 4 is 21.4 Å². The molecule has 0 amide bonds. The number of hydrogen-bond donors (Lipinski definition) is 1. The Morgan fingerprint density at radius 3 is 2.92 bits per heavy atom. The molecule has 0 fully saturated rings. The van der Waals surface area contributed by atoms with Crippen LogP contribution in [0, 0.1) is 0 Å². The third-order valence-corrected chi connectivity index (χ3v) is 2.24. The number of oxime groups is 1. The first-order valence-corrected chi connectivity index (χ1v) is 4.33. The summed E-state index contributed by atoms with van der Waals surface area (Å²) in [6, 6.07) is 0. The lowest BCUT2D eigenvalue weighted by Gasteiger charge is -2.02. The fourth-order valence-corrected chi connectivity index (χ4v) is 1.44. The molecule has 0 heterocycles. The lowest BCUT2D eigenvalue weighted by molar-refractivity contribution is 0.322. The molecule has 0 spiro atoms. The Hall–Kier alpha value is -1.36. The zero-order valence-corrected chi connectivity index (χ0v) is 6.95. The Kier molecular flexibility index (Phi) is 2.82. The summed E-state index contributed by atoms with van der Waals surface area (Å²) in [5.74, 6) is 0. The minimum Gasteiger partial charge on any atom is -0.411 e. The first-order valence-electron chi connectivity index (χ1n) is 3.25. The lowest BCUT2D eigenvalue weighted by Crippen LogP contribution is -2.06. The van der Waals surface area contributed by atoms with Gasteiger partial charge in [-0.05, 0) is 0 Å². The van der Waals surface area contributed by atoms with E-state index in [1.54, 1.807) is 18.2 Å². The largest absolute Gasteiger partial charge is 0.411 e. The maximum Gasteiger partial charge on any atom is 0.218 e. The van der Waals surface area contributed by atoms with Crippen molar-refractivity contribution in [3.63, 3.8) is 0 Å². The smallest absolute Gasteiger partial charge is 0.218 e. The second kappa shape index (κ2) is 3.87. The van der Waals surface area contributed by atoms with E-state index in [0.29, 0.717) is 12.0 Å². The Morgan fingerprint density at radius 1 is 1.58 bits per heavy atom. The minimum atomic E-state index is -2.24. The molecule has 0 atom stereocenters. The number of hydrogen-bond acceptors (Lipinski definition) is 4. The summed E-state index contributed by atoms with van der Waals surface area (Å²) in [4.78, 5) is 0.246. The molecule has 1 aliphatic rings. The SMILES string of the molecule is O=S(=O)=C1CC=CC=C1C=NO. The maximum absolute atomic E-state index is 10.6. The first kappa shape index (κ1) is 8.73. The molecule has 5 heteroatoms. The van der Waals surface area contributed by atoms with Gasteiger partial charge in [0.1, 0.15) is 0 Å². The molecule has 0 aliphatic heterocycles. The van der Waals surface area contributed by atoms with E-state index < -0.39 is 10.3 Å². The third-order valence-electron chi connectivity index (χ3n) is 1.44. The predicted octanol–water partition coefficient (Wildman–Crippen LogP) is 0.384. The molecule has 0 aromatic carbocycles. The van der Waals surface area contributed by atoms with Crippen LogP contribution in [0.2, 0.25) is 0 Å². The van der Waals surface area contributed by atoms with Crippen LogP contribution in [-0.4, -0.2) is 24.7 Å². The molecule has 0 aromatic rings. The van der Waals surface area contributed by atoms with Crippen molar-refractivity contribution in [2.24, 2.45) is 5.16 Å². The van der Waals surface area contributed by atoms with Crippen LogP contribution in [0.4, 0.5) is 0 Å². The normalized spacial score (nSPS) is 16.7. The zero-order chi connectivity index (χ0) is 8.97. The van der Waals surface area contributed by atoms with Crippen LogP contribution >= 0.6 is 0 Å². The van der Waals surface area contributed by atoms with Gasteiger partial charge < -0.3 is 5.21 Å². The molecule has 0 radical (unpaired) electrons. The van der Waals surface area contributed by atoms with E-state index in [0.717, 1.165) is 6.21 Å². The van der Waals surface area contributed by atoms with Gasteiger partial charge in [-0.2, -0.15) is 8.42 Å². The maximum atomic E-state index is 10.6. The quantitative estimate of drug-likeness (QED) is 0.278. The highest BCUT2D eigenvalue weighted by atomic mass is 32.2. The molecule has 12 heavy (non-hydrogen) atoms. The standard InChI is InChI=1S/C7H7NO3S/c9-8-5-6-3-1-2-4-7(6)12(10)11/h1-3,5,9H,4H2. The van der Waals surface area contributed by atoms with Crippen LogP contribution < -0.4 is 0 Å². The Bertz CT molecular complexity index is 379. The molecule has 0 saturated heterocycles. The highest BCUT2D eigenvalue weighted by Gasteiger charge is 2.07. The molecule has 0 saturated carbocycles. The molecule has 1 rings (SSSR count). The molecule has 1 aliphatic carbocycles. The molecule has 0 aromatic heterocycles. The van der Waals surface area contributed by atoms with Gasteiger partial charge in [0.2, 0.25) is 10.3 Å². The molecular weight excluding hydrogens is 178 g/mol. The van der Waals surface area contributed by atoms with E-state index in [2.05, 4.69) is 5.16 Å². The minimum absolute atomic E-state index is 0.246. The van der Waals surface area contributed by atoms with E-state index in [-0.39, 0.29) is 4.86 Å². The summed E-state index contributed by atoms with van der Waals surface area (Å²) < 4.78 is 21.2. The molecule has 64 valence electrons. The Labute approximate surface area is 71.0 Å². The Balaban J connectivity index is 3.17. The zero-order valence-electron chi connectivity index (χ0n) is 6.14. The van der Waals surface area contributed by atoms with Crippen LogP contribution in [0.25, 0.3) is 0 Å². The van der Waals surface area contributed by atoms with Gasteiger partial charge in [-0.15, -0.1) is 0 Å². The molecule has 1 N–H and O–H groups in total. The fraction of sp³-hybridized carbons (Fsp3) is 0.143. The fourth-order valence-electron chi connectivity index (χ4n) is 0.899. The van der Waals surface area contributed by atoms with E-state index >= 15 is 0 Å². The Morgan fingerprint density at radius 2 is 2.33 bits per heavy atom. The monoisotopic (exact) mass is 185 g/mol. The average Bonchev–Trinajstić information content (AvgIpc) is 2.05. The lowest BCUT2D eigenvalue weighted by atomic mass is 10.1. The summed E-state index contributed by atoms with van der Waals surface area (Å²) >= 11 is 0. The molecule has 4 nitrogen and oxygen atoms in total. The van der Waals surface area contributed by atoms with Gasteiger partial charge in [0, 0.05) is 12.0 Å². The summed E-state index contributed by atoms with van der Waals surface area (Å²) in [6.45, 7) is 0. The van der Waals surface area contributed by atoms with Crippen LogP contribution in [0.15, 0.2) is 29.0 Å². The van der Waals surface area contributed by atoms with E-state index in [4.69, 9.17) is 5.21 Å². The average molecular weight is 185 g/mol. The highest BCUT2D eigenvalue weighted by molar-refractivity contribution is 7.73. The highest BCUT2D eigenvalue weighted by Crippen LogP contribution is 2.06. The van der Waals surface area contributed by atoms with E-state index in [1.807, 2.05) is 0 Å². The van der Waals surface area contributed by atoms with E-state index in [9.17, 15) is 8.42 Å². The molecule has 0 bridgehead atoms. The summed E-state index contributed by atoms with van der Waals surface area (Å²) in [5, 5.41) is 11.0. The number of nitrogens with zero attached hydrogens (tertiary/aromatic N) is 1. The van der Waals surface area contributed by atoms with Crippen molar-refractivity contribution in [2.75, 3.05) is 0 Å². The topological polar surface area (TPSA) is 66.7 Å². The van der Waals surface area contributed by atoms with Crippen LogP contribution in [0.5, 0.6) is 0 Å². The molecule has 0 unspecified atom stereocenters. The van der Waals surface area contributed by atoms with Gasteiger partial charge in [-0.3, -0.25) is 0 Å². The summed E-state index contributed by atoms with van der Waals surface area (Å²) in [5.41, 5.74) is 0.424. The van der Waals surface area contributed by atoms with Crippen molar-refractivity contribution in [2.45, 2.75) is 6.42 Å². The summed E-state index contributed by atoms with van der Waals surface area (Å²) in [6.07, 6.45) is 6.48. The third kappa shape index (κ3) is 1.82. The first-order chi connectivity index (χ1) is 5.75. The van der Waals surface area contributed by atoms with Gasteiger partial charge in [0.05, 0.1) is 11.1 Å². The van der Waals surface area contributed by atoms with Crippen molar-refractivity contribution in [3.05, 3.63) is 23.8 Å². The van der Waals surface area contributed by atoms with Gasteiger partial charge >= 0.3 is 0 Å². The number of rotatable bonds is 1. The van der Waals surface area contributed by atoms with Crippen LogP contribution in [-0.2, 0) is 10.3 Å². The van der Waals surface area contributed by atoms with Crippen LogP contribution in [0.3, 0.4) is 0 Å². The van der Waals surface area contributed by atoms with Gasteiger partial charge in [0.15, 0.2) is 0 Å². The second-order valence-corrected chi connectivity index (χ2v) is 3.12. The van der Waals surface area contributed by atoms with Crippen molar-refractivity contribution in [1.82, 2.24) is 0 Å². The van der Waals surface area contributed by atoms with Crippen molar-refractivity contribution < 1.29 is 13.6 Å². The van der Waals surface area contributed by atoms with Crippen LogP contribution in [0.1, 0.15) is 6.42 Å².